The van der Waals surface area contributed by atoms with E-state index in [9.17, 15) is 8.78 Å². The Balaban J connectivity index is 2.13. The number of alkyl halides is 1. The van der Waals surface area contributed by atoms with Gasteiger partial charge in [-0.05, 0) is 36.8 Å². The molecule has 106 valence electrons. The predicted octanol–water partition coefficient (Wildman–Crippen LogP) is 4.77. The molecule has 2 aromatic rings. The van der Waals surface area contributed by atoms with E-state index in [0.29, 0.717) is 12.1 Å². The number of benzene rings is 2. The minimum atomic E-state index is -0.865. The summed E-state index contributed by atoms with van der Waals surface area (Å²) < 4.78 is 26.2. The molecule has 2 aromatic carbocycles. The first-order chi connectivity index (χ1) is 9.61. The fourth-order valence-corrected chi connectivity index (χ4v) is 2.36. The van der Waals surface area contributed by atoms with Crippen LogP contribution in [-0.2, 0) is 0 Å². The average molecular weight is 296 g/mol. The number of rotatable bonds is 5. The summed E-state index contributed by atoms with van der Waals surface area (Å²) in [6.45, 7) is 3.35. The van der Waals surface area contributed by atoms with Crippen molar-refractivity contribution < 1.29 is 8.78 Å². The van der Waals surface area contributed by atoms with E-state index in [2.05, 4.69) is 4.90 Å². The van der Waals surface area contributed by atoms with Gasteiger partial charge >= 0.3 is 0 Å². The lowest BCUT2D eigenvalue weighted by Crippen LogP contribution is -2.26. The van der Waals surface area contributed by atoms with Crippen LogP contribution in [0.5, 0.6) is 0 Å². The molecule has 0 saturated carbocycles. The molecule has 0 N–H and O–H groups in total. The number of para-hydroxylation sites is 1. The first kappa shape index (κ1) is 14.8. The first-order valence-corrected chi connectivity index (χ1v) is 6.94. The lowest BCUT2D eigenvalue weighted by Gasteiger charge is -2.25. The molecule has 1 unspecified atom stereocenters. The summed E-state index contributed by atoms with van der Waals surface area (Å²) in [5.41, 5.74) is 1.64. The van der Waals surface area contributed by atoms with Gasteiger partial charge in [-0.15, -0.1) is 11.6 Å². The molecule has 4 heteroatoms. The van der Waals surface area contributed by atoms with Crippen LogP contribution in [0, 0.1) is 11.6 Å². The zero-order valence-electron chi connectivity index (χ0n) is 11.2. The molecular weight excluding hydrogens is 280 g/mol. The minimum absolute atomic E-state index is 0.398. The summed E-state index contributed by atoms with van der Waals surface area (Å²) in [6, 6.07) is 13.7. The maximum atomic E-state index is 13.2. The van der Waals surface area contributed by atoms with Crippen LogP contribution in [-0.4, -0.2) is 13.1 Å². The molecule has 1 atom stereocenters. The van der Waals surface area contributed by atoms with Gasteiger partial charge in [0.2, 0.25) is 0 Å². The Morgan fingerprint density at radius 2 is 1.75 bits per heavy atom. The second kappa shape index (κ2) is 6.71. The van der Waals surface area contributed by atoms with Crippen LogP contribution < -0.4 is 4.90 Å². The maximum Gasteiger partial charge on any atom is 0.159 e. The molecule has 0 spiro atoms. The van der Waals surface area contributed by atoms with Gasteiger partial charge in [-0.1, -0.05) is 24.3 Å². The van der Waals surface area contributed by atoms with Crippen molar-refractivity contribution in [1.29, 1.82) is 0 Å². The molecular formula is C16H16ClF2N. The zero-order valence-corrected chi connectivity index (χ0v) is 11.9. The monoisotopic (exact) mass is 295 g/mol. The zero-order chi connectivity index (χ0) is 14.5. The summed E-state index contributed by atoms with van der Waals surface area (Å²) in [6.07, 6.45) is 0. The summed E-state index contributed by atoms with van der Waals surface area (Å²) in [5.74, 6) is -1.72. The molecule has 0 saturated heterocycles. The highest BCUT2D eigenvalue weighted by Crippen LogP contribution is 2.25. The van der Waals surface area contributed by atoms with Crippen LogP contribution in [0.1, 0.15) is 17.9 Å². The molecule has 0 bridgehead atoms. The number of likely N-dealkylation sites (N-methyl/N-ethyl adjacent to an activating group) is 1. The van der Waals surface area contributed by atoms with E-state index in [1.54, 1.807) is 0 Å². The molecule has 0 aromatic heterocycles. The predicted molar refractivity (Wildman–Crippen MR) is 79.3 cm³/mol. The summed E-state index contributed by atoms with van der Waals surface area (Å²) in [4.78, 5) is 2.10. The number of anilines is 1. The largest absolute Gasteiger partial charge is 0.370 e. The molecule has 0 aliphatic heterocycles. The van der Waals surface area contributed by atoms with E-state index in [4.69, 9.17) is 11.6 Å². The summed E-state index contributed by atoms with van der Waals surface area (Å²) in [5, 5.41) is -0.398. The lowest BCUT2D eigenvalue weighted by atomic mass is 10.1. The first-order valence-electron chi connectivity index (χ1n) is 6.50. The van der Waals surface area contributed by atoms with Crippen molar-refractivity contribution in [3.05, 3.63) is 65.7 Å². The van der Waals surface area contributed by atoms with Crippen molar-refractivity contribution in [3.8, 4) is 0 Å². The second-order valence-electron chi connectivity index (χ2n) is 4.52. The highest BCUT2D eigenvalue weighted by Gasteiger charge is 2.15. The molecule has 0 fully saturated rings. The van der Waals surface area contributed by atoms with Crippen molar-refractivity contribution in [2.45, 2.75) is 12.3 Å². The minimum Gasteiger partial charge on any atom is -0.370 e. The Morgan fingerprint density at radius 1 is 1.05 bits per heavy atom. The Bertz CT molecular complexity index is 560. The molecule has 0 heterocycles. The van der Waals surface area contributed by atoms with Gasteiger partial charge in [-0.25, -0.2) is 8.78 Å². The number of hydrogen-bond donors (Lipinski definition) is 0. The van der Waals surface area contributed by atoms with E-state index in [1.165, 1.54) is 6.07 Å². The number of hydrogen-bond acceptors (Lipinski definition) is 1. The highest BCUT2D eigenvalue weighted by atomic mass is 35.5. The summed E-state index contributed by atoms with van der Waals surface area (Å²) >= 11 is 6.32. The average Bonchev–Trinajstić information content (AvgIpc) is 2.48. The van der Waals surface area contributed by atoms with Gasteiger partial charge in [-0.2, -0.15) is 0 Å². The van der Waals surface area contributed by atoms with Crippen LogP contribution in [0.15, 0.2) is 48.5 Å². The standard InChI is InChI=1S/C16H16ClF2N/c1-2-20(13-6-4-3-5-7-13)11-14(17)12-8-9-15(18)16(19)10-12/h3-10,14H,2,11H2,1H3. The van der Waals surface area contributed by atoms with Crippen LogP contribution in [0.25, 0.3) is 0 Å². The van der Waals surface area contributed by atoms with Crippen molar-refractivity contribution in [2.75, 3.05) is 18.0 Å². The Hall–Kier alpha value is -1.61. The van der Waals surface area contributed by atoms with Gasteiger partial charge in [0.1, 0.15) is 0 Å². The van der Waals surface area contributed by atoms with Gasteiger partial charge in [-0.3, -0.25) is 0 Å². The fraction of sp³-hybridized carbons (Fsp3) is 0.250. The third-order valence-electron chi connectivity index (χ3n) is 3.19. The van der Waals surface area contributed by atoms with E-state index < -0.39 is 17.0 Å². The van der Waals surface area contributed by atoms with Gasteiger partial charge in [0.05, 0.1) is 5.38 Å². The normalized spacial score (nSPS) is 12.2. The smallest absolute Gasteiger partial charge is 0.159 e. The quantitative estimate of drug-likeness (QED) is 0.718. The van der Waals surface area contributed by atoms with E-state index in [1.807, 2.05) is 37.3 Å². The van der Waals surface area contributed by atoms with Crippen molar-refractivity contribution in [3.63, 3.8) is 0 Å². The summed E-state index contributed by atoms with van der Waals surface area (Å²) in [7, 11) is 0. The topological polar surface area (TPSA) is 3.24 Å². The van der Waals surface area contributed by atoms with E-state index >= 15 is 0 Å². The van der Waals surface area contributed by atoms with Gasteiger partial charge < -0.3 is 4.90 Å². The Labute approximate surface area is 122 Å². The van der Waals surface area contributed by atoms with Gasteiger partial charge in [0.25, 0.3) is 0 Å². The highest BCUT2D eigenvalue weighted by molar-refractivity contribution is 6.21. The van der Waals surface area contributed by atoms with Crippen LogP contribution in [0.4, 0.5) is 14.5 Å². The van der Waals surface area contributed by atoms with Crippen LogP contribution in [0.2, 0.25) is 0 Å². The van der Waals surface area contributed by atoms with Crippen molar-refractivity contribution in [1.82, 2.24) is 0 Å². The third kappa shape index (κ3) is 3.48. The van der Waals surface area contributed by atoms with Gasteiger partial charge in [0.15, 0.2) is 11.6 Å². The molecule has 0 radical (unpaired) electrons. The molecule has 1 nitrogen and oxygen atoms in total. The van der Waals surface area contributed by atoms with E-state index in [-0.39, 0.29) is 0 Å². The Kier molecular flexibility index (Phi) is 4.96. The molecule has 0 aliphatic carbocycles. The molecule has 20 heavy (non-hydrogen) atoms. The van der Waals surface area contributed by atoms with Crippen molar-refractivity contribution >= 4 is 17.3 Å². The molecule has 0 amide bonds. The fourth-order valence-electron chi connectivity index (χ4n) is 2.06. The third-order valence-corrected chi connectivity index (χ3v) is 3.58. The molecule has 0 aliphatic rings. The second-order valence-corrected chi connectivity index (χ2v) is 5.04. The SMILES string of the molecule is CCN(CC(Cl)c1ccc(F)c(F)c1)c1ccccc1. The maximum absolute atomic E-state index is 13.2. The van der Waals surface area contributed by atoms with E-state index in [0.717, 1.165) is 24.4 Å². The number of halogens is 3. The van der Waals surface area contributed by atoms with Crippen LogP contribution in [0.3, 0.4) is 0 Å². The molecule has 2 rings (SSSR count). The Morgan fingerprint density at radius 3 is 2.35 bits per heavy atom. The van der Waals surface area contributed by atoms with Crippen molar-refractivity contribution in [2.24, 2.45) is 0 Å². The lowest BCUT2D eigenvalue weighted by molar-refractivity contribution is 0.506. The van der Waals surface area contributed by atoms with Crippen LogP contribution >= 0.6 is 11.6 Å². The van der Waals surface area contributed by atoms with Gasteiger partial charge in [0, 0.05) is 18.8 Å². The number of nitrogens with zero attached hydrogens (tertiary/aromatic N) is 1.